The molecule has 1 aromatic heterocycles. The minimum Gasteiger partial charge on any atom is -0.480 e. The van der Waals surface area contributed by atoms with E-state index in [9.17, 15) is 9.90 Å². The predicted molar refractivity (Wildman–Crippen MR) is 88.2 cm³/mol. The van der Waals surface area contributed by atoms with Gasteiger partial charge in [-0.15, -0.1) is 0 Å². The second-order valence-corrected chi connectivity index (χ2v) is 7.01. The average Bonchev–Trinajstić information content (AvgIpc) is 2.80. The van der Waals surface area contributed by atoms with Crippen LogP contribution in [-0.4, -0.2) is 34.0 Å². The van der Waals surface area contributed by atoms with Crippen molar-refractivity contribution in [2.75, 3.05) is 13.1 Å². The lowest BCUT2D eigenvalue weighted by atomic mass is 9.89. The Kier molecular flexibility index (Phi) is 4.15. The van der Waals surface area contributed by atoms with Crippen LogP contribution in [0.2, 0.25) is 5.02 Å². The monoisotopic (exact) mass is 320 g/mol. The molecule has 2 aromatic rings. The SMILES string of the molecule is C[C@@H]1C[C@H](C)CN(C(C(=O)O)c2c[nH]c3ccc(Cl)cc23)C1. The van der Waals surface area contributed by atoms with Gasteiger partial charge in [0.2, 0.25) is 0 Å². The zero-order valence-electron chi connectivity index (χ0n) is 12.8. The third-order valence-electron chi connectivity index (χ3n) is 4.47. The molecule has 3 atom stereocenters. The maximum atomic E-state index is 12.0. The van der Waals surface area contributed by atoms with E-state index in [-0.39, 0.29) is 0 Å². The van der Waals surface area contributed by atoms with E-state index in [4.69, 9.17) is 11.6 Å². The number of aromatic amines is 1. The minimum atomic E-state index is -0.804. The zero-order chi connectivity index (χ0) is 15.9. The number of hydrogen-bond acceptors (Lipinski definition) is 2. The lowest BCUT2D eigenvalue weighted by Crippen LogP contribution is -2.43. The van der Waals surface area contributed by atoms with Gasteiger partial charge in [0.15, 0.2) is 0 Å². The number of aromatic nitrogens is 1. The van der Waals surface area contributed by atoms with Crippen molar-refractivity contribution in [2.45, 2.75) is 26.3 Å². The lowest BCUT2D eigenvalue weighted by Gasteiger charge is -2.38. The summed E-state index contributed by atoms with van der Waals surface area (Å²) in [7, 11) is 0. The normalized spacial score (nSPS) is 24.5. The number of hydrogen-bond donors (Lipinski definition) is 2. The molecule has 1 aromatic carbocycles. The van der Waals surface area contributed by atoms with Gasteiger partial charge < -0.3 is 10.1 Å². The highest BCUT2D eigenvalue weighted by atomic mass is 35.5. The van der Waals surface area contributed by atoms with E-state index in [0.29, 0.717) is 16.9 Å². The highest BCUT2D eigenvalue weighted by molar-refractivity contribution is 6.31. The van der Waals surface area contributed by atoms with Crippen LogP contribution in [0.1, 0.15) is 31.9 Å². The number of fused-ring (bicyclic) bond motifs is 1. The van der Waals surface area contributed by atoms with Crippen molar-refractivity contribution in [3.8, 4) is 0 Å². The van der Waals surface area contributed by atoms with Gasteiger partial charge in [0.1, 0.15) is 6.04 Å². The molecule has 0 spiro atoms. The Morgan fingerprint density at radius 1 is 1.36 bits per heavy atom. The first-order valence-corrected chi connectivity index (χ1v) is 8.07. The predicted octanol–water partition coefficient (Wildman–Crippen LogP) is 3.92. The molecular weight excluding hydrogens is 300 g/mol. The summed E-state index contributed by atoms with van der Waals surface area (Å²) in [6, 6.07) is 4.92. The Hall–Kier alpha value is -1.52. The van der Waals surface area contributed by atoms with Crippen LogP contribution in [0.25, 0.3) is 10.9 Å². The van der Waals surface area contributed by atoms with Crippen LogP contribution in [0.4, 0.5) is 0 Å². The Morgan fingerprint density at radius 2 is 2.05 bits per heavy atom. The van der Waals surface area contributed by atoms with Gasteiger partial charge in [0.25, 0.3) is 0 Å². The summed E-state index contributed by atoms with van der Waals surface area (Å²) in [5, 5.41) is 11.3. The molecule has 0 radical (unpaired) electrons. The third-order valence-corrected chi connectivity index (χ3v) is 4.70. The molecule has 4 nitrogen and oxygen atoms in total. The fourth-order valence-electron chi connectivity index (χ4n) is 3.75. The highest BCUT2D eigenvalue weighted by Gasteiger charge is 2.34. The maximum absolute atomic E-state index is 12.0. The zero-order valence-corrected chi connectivity index (χ0v) is 13.6. The Labute approximate surface area is 135 Å². The largest absolute Gasteiger partial charge is 0.480 e. The van der Waals surface area contributed by atoms with Crippen molar-refractivity contribution in [1.82, 2.24) is 9.88 Å². The van der Waals surface area contributed by atoms with E-state index in [1.807, 2.05) is 24.4 Å². The molecule has 22 heavy (non-hydrogen) atoms. The van der Waals surface area contributed by atoms with Gasteiger partial charge in [-0.1, -0.05) is 25.4 Å². The number of carboxylic acids is 1. The highest BCUT2D eigenvalue weighted by Crippen LogP contribution is 2.34. The first-order chi connectivity index (χ1) is 10.5. The van der Waals surface area contributed by atoms with Crippen LogP contribution >= 0.6 is 11.6 Å². The van der Waals surface area contributed by atoms with E-state index in [1.54, 1.807) is 0 Å². The number of nitrogens with zero attached hydrogens (tertiary/aromatic N) is 1. The Bertz CT molecular complexity index is 687. The summed E-state index contributed by atoms with van der Waals surface area (Å²) in [6.07, 6.45) is 2.96. The summed E-state index contributed by atoms with van der Waals surface area (Å²) >= 11 is 6.09. The molecule has 0 amide bonds. The molecule has 118 valence electrons. The van der Waals surface area contributed by atoms with E-state index in [2.05, 4.69) is 23.7 Å². The number of carboxylic acid groups (broad SMARTS) is 1. The summed E-state index contributed by atoms with van der Waals surface area (Å²) in [5.41, 5.74) is 1.72. The number of H-pyrrole nitrogens is 1. The van der Waals surface area contributed by atoms with Crippen molar-refractivity contribution in [2.24, 2.45) is 11.8 Å². The summed E-state index contributed by atoms with van der Waals surface area (Å²) in [4.78, 5) is 17.2. The van der Waals surface area contributed by atoms with Gasteiger partial charge in [0.05, 0.1) is 0 Å². The van der Waals surface area contributed by atoms with Gasteiger partial charge in [0, 0.05) is 40.8 Å². The van der Waals surface area contributed by atoms with Crippen LogP contribution in [0, 0.1) is 11.8 Å². The number of aliphatic carboxylic acids is 1. The average molecular weight is 321 g/mol. The number of nitrogens with one attached hydrogen (secondary N) is 1. The van der Waals surface area contributed by atoms with Crippen molar-refractivity contribution in [3.63, 3.8) is 0 Å². The molecule has 3 rings (SSSR count). The first-order valence-electron chi connectivity index (χ1n) is 7.69. The molecule has 0 aliphatic carbocycles. The quantitative estimate of drug-likeness (QED) is 0.901. The van der Waals surface area contributed by atoms with Gasteiger partial charge in [-0.3, -0.25) is 9.69 Å². The van der Waals surface area contributed by atoms with Gasteiger partial charge in [-0.2, -0.15) is 0 Å². The van der Waals surface area contributed by atoms with Gasteiger partial charge in [-0.05, 0) is 36.5 Å². The minimum absolute atomic E-state index is 0.513. The first kappa shape index (κ1) is 15.4. The van der Waals surface area contributed by atoms with Crippen LogP contribution in [0.5, 0.6) is 0 Å². The Balaban J connectivity index is 2.03. The number of rotatable bonds is 3. The molecule has 1 unspecified atom stereocenters. The van der Waals surface area contributed by atoms with Crippen molar-refractivity contribution < 1.29 is 9.90 Å². The second-order valence-electron chi connectivity index (χ2n) is 6.57. The van der Waals surface area contributed by atoms with Crippen LogP contribution < -0.4 is 0 Å². The number of benzene rings is 1. The standard InChI is InChI=1S/C17H21ClN2O2/c1-10-5-11(2)9-20(8-10)16(17(21)22)14-7-19-15-4-3-12(18)6-13(14)15/h3-4,6-7,10-11,16,19H,5,8-9H2,1-2H3,(H,21,22)/t10-,11+,16?. The van der Waals surface area contributed by atoms with Crippen LogP contribution in [0.15, 0.2) is 24.4 Å². The fourth-order valence-corrected chi connectivity index (χ4v) is 3.92. The number of likely N-dealkylation sites (tertiary alicyclic amines) is 1. The van der Waals surface area contributed by atoms with Crippen LogP contribution in [-0.2, 0) is 4.79 Å². The summed E-state index contributed by atoms with van der Waals surface area (Å²) in [6.45, 7) is 6.00. The summed E-state index contributed by atoms with van der Waals surface area (Å²) < 4.78 is 0. The number of carbonyl (C=O) groups is 1. The van der Waals surface area contributed by atoms with Gasteiger partial charge >= 0.3 is 5.97 Å². The molecule has 2 heterocycles. The molecule has 1 saturated heterocycles. The smallest absolute Gasteiger partial charge is 0.325 e. The molecule has 1 aliphatic rings. The van der Waals surface area contributed by atoms with E-state index < -0.39 is 12.0 Å². The maximum Gasteiger partial charge on any atom is 0.325 e. The number of piperidine rings is 1. The second kappa shape index (κ2) is 5.94. The van der Waals surface area contributed by atoms with Crippen molar-refractivity contribution in [3.05, 3.63) is 35.0 Å². The molecule has 2 N–H and O–H groups in total. The topological polar surface area (TPSA) is 56.3 Å². The molecular formula is C17H21ClN2O2. The van der Waals surface area contributed by atoms with Crippen molar-refractivity contribution in [1.29, 1.82) is 0 Å². The van der Waals surface area contributed by atoms with Gasteiger partial charge in [-0.25, -0.2) is 0 Å². The molecule has 0 saturated carbocycles. The number of halogens is 1. The molecule has 5 heteroatoms. The van der Waals surface area contributed by atoms with E-state index in [1.165, 1.54) is 0 Å². The van der Waals surface area contributed by atoms with E-state index >= 15 is 0 Å². The van der Waals surface area contributed by atoms with E-state index in [0.717, 1.165) is 36.0 Å². The molecule has 1 aliphatic heterocycles. The Morgan fingerprint density at radius 3 is 2.68 bits per heavy atom. The lowest BCUT2D eigenvalue weighted by molar-refractivity contribution is -0.144. The summed E-state index contributed by atoms with van der Waals surface area (Å²) in [5.74, 6) is 0.223. The van der Waals surface area contributed by atoms with Crippen molar-refractivity contribution >= 4 is 28.5 Å². The fraction of sp³-hybridized carbons (Fsp3) is 0.471. The van der Waals surface area contributed by atoms with Crippen LogP contribution in [0.3, 0.4) is 0 Å². The third kappa shape index (κ3) is 2.85. The molecule has 1 fully saturated rings. The molecule has 0 bridgehead atoms.